The first kappa shape index (κ1) is 9.99. The lowest BCUT2D eigenvalue weighted by atomic mass is 9.98. The fraction of sp³-hybridized carbons (Fsp3) is 0.0769. The van der Waals surface area contributed by atoms with E-state index >= 15 is 0 Å². The lowest BCUT2D eigenvalue weighted by Crippen LogP contribution is -2.05. The molecule has 0 N–H and O–H groups in total. The van der Waals surface area contributed by atoms with Crippen molar-refractivity contribution in [3.8, 4) is 0 Å². The number of hydrogen-bond donors (Lipinski definition) is 0. The van der Waals surface area contributed by atoms with Gasteiger partial charge in [-0.1, -0.05) is 48.6 Å². The molecule has 1 aliphatic rings. The molecule has 73 valence electrons. The van der Waals surface area contributed by atoms with Gasteiger partial charge < -0.3 is 0 Å². The minimum absolute atomic E-state index is 0.0330. The molecule has 0 aliphatic heterocycles. The molecule has 1 aromatic carbocycles. The minimum Gasteiger partial charge on any atom is -0.289 e. The molecule has 0 bridgehead atoms. The molecule has 0 aromatic heterocycles. The van der Waals surface area contributed by atoms with Crippen molar-refractivity contribution in [3.63, 3.8) is 0 Å². The van der Waals surface area contributed by atoms with Crippen molar-refractivity contribution in [2.75, 3.05) is 0 Å². The van der Waals surface area contributed by atoms with Gasteiger partial charge in [-0.3, -0.25) is 4.79 Å². The highest BCUT2D eigenvalue weighted by molar-refractivity contribution is 7.80. The summed E-state index contributed by atoms with van der Waals surface area (Å²) in [7, 11) is 0. The molecule has 1 radical (unpaired) electrons. The Morgan fingerprint density at radius 3 is 2.60 bits per heavy atom. The molecule has 0 unspecified atom stereocenters. The average molecular weight is 213 g/mol. The van der Waals surface area contributed by atoms with E-state index < -0.39 is 0 Å². The summed E-state index contributed by atoms with van der Waals surface area (Å²) in [6.07, 6.45) is 7.06. The minimum atomic E-state index is 0.0330. The Bertz CT molecular complexity index is 455. The van der Waals surface area contributed by atoms with Gasteiger partial charge in [0.05, 0.1) is 0 Å². The number of benzene rings is 1. The van der Waals surface area contributed by atoms with Gasteiger partial charge in [-0.2, -0.15) is 0 Å². The second kappa shape index (κ2) is 4.32. The van der Waals surface area contributed by atoms with Crippen LogP contribution in [0.2, 0.25) is 0 Å². The average Bonchev–Trinajstić information content (AvgIpc) is 2.30. The summed E-state index contributed by atoms with van der Waals surface area (Å²) in [5.41, 5.74) is 1.38. The maximum atomic E-state index is 11.9. The Morgan fingerprint density at radius 2 is 2.00 bits per heavy atom. The van der Waals surface area contributed by atoms with E-state index in [4.69, 9.17) is 12.2 Å². The quantitative estimate of drug-likeness (QED) is 0.555. The van der Waals surface area contributed by atoms with Crippen molar-refractivity contribution in [3.05, 3.63) is 59.7 Å². The van der Waals surface area contributed by atoms with Crippen LogP contribution in [0.3, 0.4) is 0 Å². The van der Waals surface area contributed by atoms with E-state index in [0.29, 0.717) is 17.6 Å². The molecule has 0 saturated carbocycles. The molecular weight excluding hydrogens is 204 g/mol. The third-order valence-electron chi connectivity index (χ3n) is 2.19. The number of carbonyl (C=O) groups excluding carboxylic acids is 1. The SMILES string of the molecule is O=C(C1=CCC(=S)[C]=C1)c1ccccc1. The molecule has 1 nitrogen and oxygen atoms in total. The Labute approximate surface area is 94.1 Å². The van der Waals surface area contributed by atoms with Gasteiger partial charge in [0, 0.05) is 22.4 Å². The standard InChI is InChI=1S/C13H9OS/c14-13(10-4-2-1-3-5-10)11-6-8-12(15)9-7-11/h1-7H,8H2. The third kappa shape index (κ3) is 2.28. The van der Waals surface area contributed by atoms with Gasteiger partial charge >= 0.3 is 0 Å². The summed E-state index contributed by atoms with van der Waals surface area (Å²) in [6.45, 7) is 0. The van der Waals surface area contributed by atoms with Crippen LogP contribution in [0.25, 0.3) is 0 Å². The fourth-order valence-corrected chi connectivity index (χ4v) is 1.54. The summed E-state index contributed by atoms with van der Waals surface area (Å²) in [4.78, 5) is 12.7. The number of ketones is 1. The number of rotatable bonds is 2. The van der Waals surface area contributed by atoms with Crippen LogP contribution in [0.4, 0.5) is 0 Å². The summed E-state index contributed by atoms with van der Waals surface area (Å²) in [5, 5.41) is 0. The molecule has 0 fully saturated rings. The van der Waals surface area contributed by atoms with E-state index in [9.17, 15) is 4.79 Å². The highest BCUT2D eigenvalue weighted by Gasteiger charge is 2.11. The molecule has 2 rings (SSSR count). The van der Waals surface area contributed by atoms with E-state index in [1.807, 2.05) is 36.4 Å². The first-order valence-corrected chi connectivity index (χ1v) is 5.11. The summed E-state index contributed by atoms with van der Waals surface area (Å²) in [6, 6.07) is 9.22. The first-order valence-electron chi connectivity index (χ1n) is 4.70. The lowest BCUT2D eigenvalue weighted by Gasteiger charge is -2.05. The van der Waals surface area contributed by atoms with Crippen LogP contribution in [0.1, 0.15) is 16.8 Å². The van der Waals surface area contributed by atoms with E-state index in [0.717, 1.165) is 4.86 Å². The predicted molar refractivity (Wildman–Crippen MR) is 63.9 cm³/mol. The second-order valence-electron chi connectivity index (χ2n) is 3.27. The molecule has 0 spiro atoms. The zero-order valence-electron chi connectivity index (χ0n) is 8.07. The van der Waals surface area contributed by atoms with E-state index in [1.165, 1.54) is 0 Å². The van der Waals surface area contributed by atoms with Crippen molar-refractivity contribution in [1.82, 2.24) is 0 Å². The Hall–Kier alpha value is -1.54. The van der Waals surface area contributed by atoms with Gasteiger partial charge in [0.1, 0.15) is 0 Å². The molecule has 2 heteroatoms. The third-order valence-corrected chi connectivity index (χ3v) is 2.48. The maximum Gasteiger partial charge on any atom is 0.192 e. The predicted octanol–water partition coefficient (Wildman–Crippen LogP) is 2.93. The number of Topliss-reactive ketones (excluding diaryl/α,β-unsaturated/α-hetero) is 1. The molecule has 0 atom stereocenters. The Kier molecular flexibility index (Phi) is 2.88. The Balaban J connectivity index is 2.24. The highest BCUT2D eigenvalue weighted by Crippen LogP contribution is 2.14. The zero-order chi connectivity index (χ0) is 10.7. The zero-order valence-corrected chi connectivity index (χ0v) is 8.88. The van der Waals surface area contributed by atoms with Gasteiger partial charge in [-0.25, -0.2) is 0 Å². The maximum absolute atomic E-state index is 11.9. The van der Waals surface area contributed by atoms with Crippen molar-refractivity contribution < 1.29 is 4.79 Å². The van der Waals surface area contributed by atoms with Gasteiger partial charge in [0.25, 0.3) is 0 Å². The molecule has 0 heterocycles. The molecule has 0 amide bonds. The van der Waals surface area contributed by atoms with Crippen molar-refractivity contribution >= 4 is 22.9 Å². The van der Waals surface area contributed by atoms with E-state index in [1.54, 1.807) is 6.08 Å². The van der Waals surface area contributed by atoms with Gasteiger partial charge in [0.2, 0.25) is 0 Å². The van der Waals surface area contributed by atoms with Crippen LogP contribution < -0.4 is 0 Å². The van der Waals surface area contributed by atoms with Crippen LogP contribution in [0.5, 0.6) is 0 Å². The van der Waals surface area contributed by atoms with Gasteiger partial charge in [-0.05, 0) is 12.2 Å². The largest absolute Gasteiger partial charge is 0.289 e. The number of thiocarbonyl (C=S) groups is 1. The molecular formula is C13H9OS. The smallest absolute Gasteiger partial charge is 0.192 e. The summed E-state index contributed by atoms with van der Waals surface area (Å²) in [5.74, 6) is 0.0330. The number of allylic oxidation sites excluding steroid dienone is 4. The lowest BCUT2D eigenvalue weighted by molar-refractivity contribution is 0.103. The molecule has 1 aliphatic carbocycles. The van der Waals surface area contributed by atoms with E-state index in [-0.39, 0.29) is 5.78 Å². The summed E-state index contributed by atoms with van der Waals surface area (Å²) >= 11 is 4.96. The Morgan fingerprint density at radius 1 is 1.27 bits per heavy atom. The topological polar surface area (TPSA) is 17.1 Å². The number of hydrogen-bond acceptors (Lipinski definition) is 2. The summed E-state index contributed by atoms with van der Waals surface area (Å²) < 4.78 is 0. The van der Waals surface area contributed by atoms with Gasteiger partial charge in [-0.15, -0.1) is 0 Å². The monoisotopic (exact) mass is 213 g/mol. The van der Waals surface area contributed by atoms with Crippen molar-refractivity contribution in [2.45, 2.75) is 6.42 Å². The van der Waals surface area contributed by atoms with Gasteiger partial charge in [0.15, 0.2) is 5.78 Å². The molecule has 1 aromatic rings. The number of carbonyl (C=O) groups is 1. The van der Waals surface area contributed by atoms with Crippen LogP contribution >= 0.6 is 12.2 Å². The van der Waals surface area contributed by atoms with Crippen LogP contribution in [-0.2, 0) is 0 Å². The van der Waals surface area contributed by atoms with E-state index in [2.05, 4.69) is 6.08 Å². The highest BCUT2D eigenvalue weighted by atomic mass is 32.1. The first-order chi connectivity index (χ1) is 7.27. The van der Waals surface area contributed by atoms with Crippen LogP contribution in [-0.4, -0.2) is 10.6 Å². The molecule has 15 heavy (non-hydrogen) atoms. The van der Waals surface area contributed by atoms with Crippen LogP contribution in [0, 0.1) is 6.08 Å². The second-order valence-corrected chi connectivity index (χ2v) is 3.76. The van der Waals surface area contributed by atoms with Crippen molar-refractivity contribution in [2.24, 2.45) is 0 Å². The van der Waals surface area contributed by atoms with Crippen LogP contribution in [0.15, 0.2) is 48.1 Å². The van der Waals surface area contributed by atoms with Crippen molar-refractivity contribution in [1.29, 1.82) is 0 Å². The fourth-order valence-electron chi connectivity index (χ4n) is 1.39. The normalized spacial score (nSPS) is 14.9. The molecule has 0 saturated heterocycles.